The van der Waals surface area contributed by atoms with E-state index in [1.807, 2.05) is 39.0 Å². The third-order valence-electron chi connectivity index (χ3n) is 3.61. The van der Waals surface area contributed by atoms with Crippen LogP contribution >= 0.6 is 0 Å². The van der Waals surface area contributed by atoms with Gasteiger partial charge in [-0.15, -0.1) is 0 Å². The van der Waals surface area contributed by atoms with Gasteiger partial charge in [-0.2, -0.15) is 5.10 Å². The summed E-state index contributed by atoms with van der Waals surface area (Å²) < 4.78 is 1.63. The van der Waals surface area contributed by atoms with Crippen LogP contribution in [0, 0.1) is 20.8 Å². The van der Waals surface area contributed by atoms with Gasteiger partial charge < -0.3 is 5.11 Å². The van der Waals surface area contributed by atoms with E-state index in [-0.39, 0.29) is 5.69 Å². The minimum absolute atomic E-state index is 0.0230. The molecule has 3 rings (SSSR count). The van der Waals surface area contributed by atoms with Crippen molar-refractivity contribution in [2.75, 3.05) is 0 Å². The number of nitrogens with zero attached hydrogens (tertiary/aromatic N) is 3. The molecular formula is C16H15N3O2. The summed E-state index contributed by atoms with van der Waals surface area (Å²) in [4.78, 5) is 15.4. The molecule has 0 atom stereocenters. The topological polar surface area (TPSA) is 67.5 Å². The van der Waals surface area contributed by atoms with E-state index in [1.54, 1.807) is 10.7 Å². The summed E-state index contributed by atoms with van der Waals surface area (Å²) in [6, 6.07) is 7.53. The Morgan fingerprint density at radius 3 is 2.38 bits per heavy atom. The van der Waals surface area contributed by atoms with Gasteiger partial charge in [-0.1, -0.05) is 18.2 Å². The number of aromatic nitrogens is 3. The van der Waals surface area contributed by atoms with Crippen LogP contribution < -0.4 is 0 Å². The number of hydrogen-bond acceptors (Lipinski definition) is 3. The van der Waals surface area contributed by atoms with E-state index in [1.165, 1.54) is 6.07 Å². The molecule has 0 unspecified atom stereocenters. The predicted octanol–water partition coefficient (Wildman–Crippen LogP) is 3.02. The van der Waals surface area contributed by atoms with Crippen LogP contribution in [0.2, 0.25) is 0 Å². The normalized spacial score (nSPS) is 11.0. The van der Waals surface area contributed by atoms with Crippen LogP contribution in [0.5, 0.6) is 0 Å². The molecule has 0 aliphatic heterocycles. The van der Waals surface area contributed by atoms with Crippen molar-refractivity contribution in [2.24, 2.45) is 0 Å². The lowest BCUT2D eigenvalue weighted by Gasteiger charge is -2.09. The molecule has 0 aliphatic carbocycles. The van der Waals surface area contributed by atoms with E-state index in [2.05, 4.69) is 10.1 Å². The van der Waals surface area contributed by atoms with E-state index in [4.69, 9.17) is 5.11 Å². The monoisotopic (exact) mass is 281 g/mol. The third kappa shape index (κ3) is 2.07. The van der Waals surface area contributed by atoms with Gasteiger partial charge in [0.25, 0.3) is 0 Å². The molecule has 2 aromatic heterocycles. The average Bonchev–Trinajstić information content (AvgIpc) is 2.74. The Bertz CT molecular complexity index is 845. The number of carbonyl (C=O) groups is 1. The number of aryl methyl sites for hydroxylation is 3. The number of carboxylic acids is 1. The number of carboxylic acid groups (broad SMARTS) is 1. The van der Waals surface area contributed by atoms with Gasteiger partial charge in [0, 0.05) is 6.20 Å². The molecule has 0 bridgehead atoms. The third-order valence-corrected chi connectivity index (χ3v) is 3.61. The summed E-state index contributed by atoms with van der Waals surface area (Å²) in [7, 11) is 0. The quantitative estimate of drug-likeness (QED) is 0.784. The molecule has 0 amide bonds. The Labute approximate surface area is 121 Å². The molecule has 0 fully saturated rings. The highest BCUT2D eigenvalue weighted by atomic mass is 16.4. The highest BCUT2D eigenvalue weighted by molar-refractivity contribution is 5.88. The van der Waals surface area contributed by atoms with Crippen molar-refractivity contribution in [3.05, 3.63) is 53.0 Å². The van der Waals surface area contributed by atoms with Gasteiger partial charge in [0.15, 0.2) is 11.3 Å². The molecule has 0 radical (unpaired) electrons. The molecule has 0 saturated carbocycles. The Kier molecular flexibility index (Phi) is 2.97. The summed E-state index contributed by atoms with van der Waals surface area (Å²) in [5.41, 5.74) is 5.64. The molecule has 21 heavy (non-hydrogen) atoms. The highest BCUT2D eigenvalue weighted by Crippen LogP contribution is 2.32. The highest BCUT2D eigenvalue weighted by Gasteiger charge is 2.18. The Morgan fingerprint density at radius 2 is 1.76 bits per heavy atom. The molecular weight excluding hydrogens is 266 g/mol. The molecule has 0 aliphatic rings. The lowest BCUT2D eigenvalue weighted by molar-refractivity contribution is 0.0690. The minimum Gasteiger partial charge on any atom is -0.477 e. The van der Waals surface area contributed by atoms with Crippen LogP contribution in [-0.4, -0.2) is 25.7 Å². The molecule has 3 aromatic rings. The van der Waals surface area contributed by atoms with Crippen LogP contribution in [0.15, 0.2) is 30.5 Å². The molecule has 0 saturated heterocycles. The molecule has 5 nitrogen and oxygen atoms in total. The fourth-order valence-electron chi connectivity index (χ4n) is 2.66. The predicted molar refractivity (Wildman–Crippen MR) is 79.6 cm³/mol. The van der Waals surface area contributed by atoms with E-state index in [0.29, 0.717) is 5.65 Å². The van der Waals surface area contributed by atoms with E-state index in [0.717, 1.165) is 27.9 Å². The van der Waals surface area contributed by atoms with Crippen molar-refractivity contribution < 1.29 is 9.90 Å². The molecule has 1 N–H and O–H groups in total. The molecule has 106 valence electrons. The van der Waals surface area contributed by atoms with Crippen molar-refractivity contribution in [3.8, 4) is 11.1 Å². The van der Waals surface area contributed by atoms with E-state index in [9.17, 15) is 4.79 Å². The van der Waals surface area contributed by atoms with Crippen molar-refractivity contribution in [3.63, 3.8) is 0 Å². The zero-order valence-corrected chi connectivity index (χ0v) is 12.1. The molecule has 5 heteroatoms. The summed E-state index contributed by atoms with van der Waals surface area (Å²) in [6.45, 7) is 5.98. The first-order valence-corrected chi connectivity index (χ1v) is 6.65. The second-order valence-electron chi connectivity index (χ2n) is 5.11. The second kappa shape index (κ2) is 4.70. The van der Waals surface area contributed by atoms with Gasteiger partial charge in [0.2, 0.25) is 0 Å². The summed E-state index contributed by atoms with van der Waals surface area (Å²) in [5.74, 6) is -1.04. The summed E-state index contributed by atoms with van der Waals surface area (Å²) in [6.07, 6.45) is 1.63. The van der Waals surface area contributed by atoms with Crippen LogP contribution in [0.3, 0.4) is 0 Å². The maximum Gasteiger partial charge on any atom is 0.354 e. The SMILES string of the molecule is Cc1cccc(C)c1-c1c(C)nn2ccc(C(=O)O)nc12. The van der Waals surface area contributed by atoms with Gasteiger partial charge in [0.1, 0.15) is 0 Å². The maximum atomic E-state index is 11.1. The Balaban J connectivity index is 2.39. The average molecular weight is 281 g/mol. The van der Waals surface area contributed by atoms with E-state index < -0.39 is 5.97 Å². The van der Waals surface area contributed by atoms with Crippen molar-refractivity contribution in [2.45, 2.75) is 20.8 Å². The van der Waals surface area contributed by atoms with Gasteiger partial charge in [-0.3, -0.25) is 0 Å². The zero-order chi connectivity index (χ0) is 15.1. The standard InChI is InChI=1S/C16H15N3O2/c1-9-5-4-6-10(2)13(9)14-11(3)18-19-8-7-12(16(20)21)17-15(14)19/h4-8H,1-3H3,(H,20,21). The van der Waals surface area contributed by atoms with Crippen molar-refractivity contribution in [1.29, 1.82) is 0 Å². The Hall–Kier alpha value is -2.69. The van der Waals surface area contributed by atoms with Crippen LogP contribution in [0.25, 0.3) is 16.8 Å². The van der Waals surface area contributed by atoms with Crippen LogP contribution in [-0.2, 0) is 0 Å². The molecule has 2 heterocycles. The first-order valence-electron chi connectivity index (χ1n) is 6.65. The minimum atomic E-state index is -1.04. The largest absolute Gasteiger partial charge is 0.477 e. The second-order valence-corrected chi connectivity index (χ2v) is 5.11. The fraction of sp³-hybridized carbons (Fsp3) is 0.188. The van der Waals surface area contributed by atoms with Gasteiger partial charge in [0.05, 0.1) is 11.3 Å². The summed E-state index contributed by atoms with van der Waals surface area (Å²) in [5, 5.41) is 13.6. The number of benzene rings is 1. The van der Waals surface area contributed by atoms with Crippen LogP contribution in [0.1, 0.15) is 27.3 Å². The van der Waals surface area contributed by atoms with Gasteiger partial charge >= 0.3 is 5.97 Å². The van der Waals surface area contributed by atoms with Gasteiger partial charge in [-0.25, -0.2) is 14.3 Å². The number of aromatic carboxylic acids is 1. The lowest BCUT2D eigenvalue weighted by Crippen LogP contribution is -2.02. The van der Waals surface area contributed by atoms with Crippen molar-refractivity contribution >= 4 is 11.6 Å². The van der Waals surface area contributed by atoms with Crippen molar-refractivity contribution in [1.82, 2.24) is 14.6 Å². The molecule has 1 aromatic carbocycles. The number of fused-ring (bicyclic) bond motifs is 1. The lowest BCUT2D eigenvalue weighted by atomic mass is 9.96. The fourth-order valence-corrected chi connectivity index (χ4v) is 2.66. The first-order chi connectivity index (χ1) is 9.99. The van der Waals surface area contributed by atoms with Crippen LogP contribution in [0.4, 0.5) is 0 Å². The van der Waals surface area contributed by atoms with E-state index >= 15 is 0 Å². The number of hydrogen-bond donors (Lipinski definition) is 1. The maximum absolute atomic E-state index is 11.1. The smallest absolute Gasteiger partial charge is 0.354 e. The first kappa shape index (κ1) is 13.3. The summed E-state index contributed by atoms with van der Waals surface area (Å²) >= 11 is 0. The Morgan fingerprint density at radius 1 is 1.10 bits per heavy atom. The zero-order valence-electron chi connectivity index (χ0n) is 12.1. The number of rotatable bonds is 2. The van der Waals surface area contributed by atoms with Gasteiger partial charge in [-0.05, 0) is 43.5 Å². The molecule has 0 spiro atoms.